The van der Waals surface area contributed by atoms with E-state index in [2.05, 4.69) is 66.1 Å². The predicted molar refractivity (Wildman–Crippen MR) is 107 cm³/mol. The lowest BCUT2D eigenvalue weighted by atomic mass is 10.1. The number of guanidine groups is 1. The van der Waals surface area contributed by atoms with Gasteiger partial charge in [0.15, 0.2) is 5.96 Å². The second kappa shape index (κ2) is 13.2. The summed E-state index contributed by atoms with van der Waals surface area (Å²) in [4.78, 5) is 4.60. The van der Waals surface area contributed by atoms with Crippen molar-refractivity contribution in [3.05, 3.63) is 35.9 Å². The van der Waals surface area contributed by atoms with Crippen molar-refractivity contribution in [3.63, 3.8) is 0 Å². The van der Waals surface area contributed by atoms with Crippen LogP contribution in [0.15, 0.2) is 35.3 Å². The Morgan fingerprint density at radius 1 is 1.24 bits per heavy atom. The zero-order valence-corrected chi connectivity index (χ0v) is 16.4. The first-order valence-electron chi connectivity index (χ1n) is 7.35. The number of hydrogen-bond acceptors (Lipinski definition) is 2. The van der Waals surface area contributed by atoms with Crippen LogP contribution in [0.4, 0.5) is 0 Å². The molecular weight excluding hydrogens is 393 g/mol. The predicted octanol–water partition coefficient (Wildman–Crippen LogP) is 3.54. The number of thioether (sulfide) groups is 1. The summed E-state index contributed by atoms with van der Waals surface area (Å²) in [6, 6.07) is 10.6. The molecule has 0 fully saturated rings. The van der Waals surface area contributed by atoms with Gasteiger partial charge in [0.2, 0.25) is 0 Å². The molecule has 0 saturated heterocycles. The van der Waals surface area contributed by atoms with E-state index in [1.807, 2.05) is 11.8 Å². The molecule has 1 unspecified atom stereocenters. The Labute approximate surface area is 150 Å². The van der Waals surface area contributed by atoms with Crippen molar-refractivity contribution in [2.24, 2.45) is 4.99 Å². The topological polar surface area (TPSA) is 36.4 Å². The summed E-state index contributed by atoms with van der Waals surface area (Å²) in [6.07, 6.45) is 4.35. The van der Waals surface area contributed by atoms with E-state index in [-0.39, 0.29) is 24.0 Å². The molecule has 21 heavy (non-hydrogen) atoms. The molecule has 0 aliphatic heterocycles. The van der Waals surface area contributed by atoms with E-state index in [4.69, 9.17) is 0 Å². The minimum Gasteiger partial charge on any atom is -0.357 e. The maximum Gasteiger partial charge on any atom is 0.191 e. The molecular formula is C16H28IN3S. The van der Waals surface area contributed by atoms with Crippen LogP contribution in [0.5, 0.6) is 0 Å². The highest BCUT2D eigenvalue weighted by atomic mass is 127. The number of aryl methyl sites for hydroxylation is 1. The summed E-state index contributed by atoms with van der Waals surface area (Å²) in [6.45, 7) is 7.01. The molecule has 0 radical (unpaired) electrons. The molecule has 1 aromatic carbocycles. The Morgan fingerprint density at radius 2 is 1.95 bits per heavy atom. The van der Waals surface area contributed by atoms with Crippen LogP contribution in [0.25, 0.3) is 0 Å². The molecule has 0 bridgehead atoms. The average Bonchev–Trinajstić information content (AvgIpc) is 2.49. The fraction of sp³-hybridized carbons (Fsp3) is 0.562. The van der Waals surface area contributed by atoms with Gasteiger partial charge in [-0.1, -0.05) is 37.3 Å². The van der Waals surface area contributed by atoms with Crippen LogP contribution in [0.1, 0.15) is 25.8 Å². The molecule has 1 rings (SSSR count). The number of nitrogens with zero attached hydrogens (tertiary/aromatic N) is 1. The fourth-order valence-corrected chi connectivity index (χ4v) is 2.00. The van der Waals surface area contributed by atoms with Gasteiger partial charge >= 0.3 is 0 Å². The maximum absolute atomic E-state index is 4.60. The second-order valence-corrected chi connectivity index (χ2v) is 6.06. The van der Waals surface area contributed by atoms with Crippen LogP contribution in [-0.2, 0) is 6.42 Å². The summed E-state index contributed by atoms with van der Waals surface area (Å²) in [7, 11) is 0. The molecule has 0 aromatic heterocycles. The molecule has 1 atom stereocenters. The van der Waals surface area contributed by atoms with Gasteiger partial charge in [0.25, 0.3) is 0 Å². The normalized spacial score (nSPS) is 12.4. The molecule has 0 saturated carbocycles. The maximum atomic E-state index is 4.60. The standard InChI is InChI=1S/C16H27N3S.HI/c1-4-17-16(19-13-14(2)20-3)18-12-8-11-15-9-6-5-7-10-15;/h5-7,9-10,14H,4,8,11-13H2,1-3H3,(H2,17,18,19);1H. The molecule has 2 N–H and O–H groups in total. The van der Waals surface area contributed by atoms with Gasteiger partial charge in [-0.2, -0.15) is 11.8 Å². The molecule has 1 aromatic rings. The van der Waals surface area contributed by atoms with Gasteiger partial charge < -0.3 is 10.6 Å². The first-order valence-corrected chi connectivity index (χ1v) is 8.64. The fourth-order valence-electron chi connectivity index (χ4n) is 1.78. The lowest BCUT2D eigenvalue weighted by Gasteiger charge is -2.12. The number of nitrogens with one attached hydrogen (secondary N) is 2. The third-order valence-electron chi connectivity index (χ3n) is 3.03. The van der Waals surface area contributed by atoms with E-state index >= 15 is 0 Å². The highest BCUT2D eigenvalue weighted by Gasteiger charge is 2.00. The summed E-state index contributed by atoms with van der Waals surface area (Å²) in [5, 5.41) is 7.25. The zero-order valence-electron chi connectivity index (χ0n) is 13.3. The molecule has 0 aliphatic rings. The Morgan fingerprint density at radius 3 is 2.57 bits per heavy atom. The van der Waals surface area contributed by atoms with Crippen LogP contribution < -0.4 is 10.6 Å². The van der Waals surface area contributed by atoms with E-state index in [0.717, 1.165) is 38.4 Å². The van der Waals surface area contributed by atoms with E-state index in [9.17, 15) is 0 Å². The number of benzene rings is 1. The van der Waals surface area contributed by atoms with Crippen molar-refractivity contribution in [1.82, 2.24) is 10.6 Å². The van der Waals surface area contributed by atoms with Crippen LogP contribution >= 0.6 is 35.7 Å². The van der Waals surface area contributed by atoms with E-state index in [1.54, 1.807) is 0 Å². The van der Waals surface area contributed by atoms with Crippen LogP contribution in [-0.4, -0.2) is 37.1 Å². The zero-order chi connectivity index (χ0) is 14.6. The number of halogens is 1. The molecule has 3 nitrogen and oxygen atoms in total. The smallest absolute Gasteiger partial charge is 0.191 e. The lowest BCUT2D eigenvalue weighted by Crippen LogP contribution is -2.38. The van der Waals surface area contributed by atoms with Crippen LogP contribution in [0.3, 0.4) is 0 Å². The highest BCUT2D eigenvalue weighted by molar-refractivity contribution is 14.0. The molecule has 120 valence electrons. The van der Waals surface area contributed by atoms with Crippen molar-refractivity contribution < 1.29 is 0 Å². The van der Waals surface area contributed by atoms with E-state index in [1.165, 1.54) is 5.56 Å². The van der Waals surface area contributed by atoms with Crippen LogP contribution in [0.2, 0.25) is 0 Å². The first-order chi connectivity index (χ1) is 9.76. The molecule has 0 amide bonds. The molecule has 5 heteroatoms. The first kappa shape index (κ1) is 20.6. The number of rotatable bonds is 8. The summed E-state index contributed by atoms with van der Waals surface area (Å²) < 4.78 is 0. The van der Waals surface area contributed by atoms with Gasteiger partial charge in [-0.3, -0.25) is 4.99 Å². The lowest BCUT2D eigenvalue weighted by molar-refractivity contribution is 0.743. The van der Waals surface area contributed by atoms with Gasteiger partial charge in [0.05, 0.1) is 6.54 Å². The molecule has 0 aliphatic carbocycles. The molecule has 0 heterocycles. The third-order valence-corrected chi connectivity index (χ3v) is 3.98. The van der Waals surface area contributed by atoms with Gasteiger partial charge in [-0.05, 0) is 31.6 Å². The van der Waals surface area contributed by atoms with Crippen LogP contribution in [0, 0.1) is 0 Å². The van der Waals surface area contributed by atoms with Gasteiger partial charge in [-0.25, -0.2) is 0 Å². The summed E-state index contributed by atoms with van der Waals surface area (Å²) in [5.74, 6) is 0.932. The Bertz CT molecular complexity index is 384. The quantitative estimate of drug-likeness (QED) is 0.292. The van der Waals surface area contributed by atoms with Crippen molar-refractivity contribution >= 4 is 41.7 Å². The second-order valence-electron chi connectivity index (χ2n) is 4.78. The van der Waals surface area contributed by atoms with Crippen molar-refractivity contribution in [1.29, 1.82) is 0 Å². The Hall–Kier alpha value is -0.430. The minimum atomic E-state index is 0. The third kappa shape index (κ3) is 10.0. The van der Waals surface area contributed by atoms with Crippen molar-refractivity contribution in [2.45, 2.75) is 31.9 Å². The Balaban J connectivity index is 0.00000400. The van der Waals surface area contributed by atoms with Gasteiger partial charge in [0.1, 0.15) is 0 Å². The Kier molecular flexibility index (Phi) is 13.0. The average molecular weight is 421 g/mol. The minimum absolute atomic E-state index is 0. The number of aliphatic imine (C=N–C) groups is 1. The highest BCUT2D eigenvalue weighted by Crippen LogP contribution is 2.04. The SMILES string of the molecule is CCNC(=NCC(C)SC)NCCCc1ccccc1.I. The number of hydrogen-bond donors (Lipinski definition) is 2. The van der Waals surface area contributed by atoms with Gasteiger partial charge in [0, 0.05) is 18.3 Å². The largest absolute Gasteiger partial charge is 0.357 e. The van der Waals surface area contributed by atoms with E-state index < -0.39 is 0 Å². The van der Waals surface area contributed by atoms with E-state index in [0.29, 0.717) is 5.25 Å². The van der Waals surface area contributed by atoms with Crippen molar-refractivity contribution in [2.75, 3.05) is 25.9 Å². The monoisotopic (exact) mass is 421 g/mol. The van der Waals surface area contributed by atoms with Gasteiger partial charge in [-0.15, -0.1) is 24.0 Å². The summed E-state index contributed by atoms with van der Waals surface area (Å²) >= 11 is 1.85. The van der Waals surface area contributed by atoms with Crippen molar-refractivity contribution in [3.8, 4) is 0 Å². The summed E-state index contributed by atoms with van der Waals surface area (Å²) in [5.41, 5.74) is 1.40. The molecule has 0 spiro atoms.